The molecular weight excluding hydrogens is 455 g/mol. The molecule has 2 aromatic carbocycles. The lowest BCUT2D eigenvalue weighted by Crippen LogP contribution is -2.32. The minimum atomic E-state index is -4.07. The van der Waals surface area contributed by atoms with E-state index in [-0.39, 0.29) is 15.4 Å². The molecule has 0 radical (unpaired) electrons. The summed E-state index contributed by atoms with van der Waals surface area (Å²) in [5, 5.41) is -1.27. The Morgan fingerprint density at radius 2 is 1.69 bits per heavy atom. The zero-order chi connectivity index (χ0) is 23.5. The van der Waals surface area contributed by atoms with Crippen molar-refractivity contribution in [3.63, 3.8) is 0 Å². The van der Waals surface area contributed by atoms with Gasteiger partial charge in [0, 0.05) is 18.9 Å². The van der Waals surface area contributed by atoms with E-state index in [0.717, 1.165) is 6.07 Å². The molecule has 1 aromatic heterocycles. The minimum absolute atomic E-state index is 0.0178. The molecule has 1 N–H and O–H groups in total. The summed E-state index contributed by atoms with van der Waals surface area (Å²) < 4.78 is 73.7. The van der Waals surface area contributed by atoms with Crippen LogP contribution in [0, 0.1) is 19.7 Å². The summed E-state index contributed by atoms with van der Waals surface area (Å²) in [5.41, 5.74) is 1.10. The zero-order valence-corrected chi connectivity index (χ0v) is 19.4. The normalized spacial score (nSPS) is 13.0. The molecule has 0 aliphatic carbocycles. The van der Waals surface area contributed by atoms with Crippen molar-refractivity contribution in [2.45, 2.75) is 28.9 Å². The van der Waals surface area contributed by atoms with Crippen molar-refractivity contribution in [1.29, 1.82) is 0 Å². The first-order valence-corrected chi connectivity index (χ1v) is 12.6. The maximum absolute atomic E-state index is 13.7. The van der Waals surface area contributed by atoms with Crippen molar-refractivity contribution in [2.24, 2.45) is 0 Å². The third kappa shape index (κ3) is 4.98. The van der Waals surface area contributed by atoms with Gasteiger partial charge in [-0.15, -0.1) is 0 Å². The van der Waals surface area contributed by atoms with Crippen LogP contribution in [-0.2, 0) is 19.9 Å². The fraction of sp³-hybridized carbons (Fsp3) is 0.227. The van der Waals surface area contributed by atoms with Gasteiger partial charge in [-0.25, -0.2) is 25.9 Å². The molecule has 0 amide bonds. The van der Waals surface area contributed by atoms with Crippen LogP contribution in [0.3, 0.4) is 0 Å². The van der Waals surface area contributed by atoms with Crippen molar-refractivity contribution in [3.05, 3.63) is 83.4 Å². The number of rotatable bonds is 8. The van der Waals surface area contributed by atoms with Crippen molar-refractivity contribution in [3.8, 4) is 5.75 Å². The predicted molar refractivity (Wildman–Crippen MR) is 118 cm³/mol. The molecule has 0 saturated carbocycles. The van der Waals surface area contributed by atoms with Gasteiger partial charge in [0.2, 0.25) is 10.0 Å². The van der Waals surface area contributed by atoms with Gasteiger partial charge in [0.25, 0.3) is 0 Å². The number of sulfonamides is 1. The summed E-state index contributed by atoms with van der Waals surface area (Å²) >= 11 is 0. The fourth-order valence-electron chi connectivity index (χ4n) is 3.22. The van der Waals surface area contributed by atoms with E-state index in [0.29, 0.717) is 16.9 Å². The van der Waals surface area contributed by atoms with Crippen molar-refractivity contribution in [2.75, 3.05) is 13.7 Å². The van der Waals surface area contributed by atoms with Gasteiger partial charge < -0.3 is 4.74 Å². The van der Waals surface area contributed by atoms with Crippen molar-refractivity contribution >= 4 is 19.9 Å². The topological polar surface area (TPSA) is 102 Å². The van der Waals surface area contributed by atoms with Crippen LogP contribution in [0.25, 0.3) is 0 Å². The number of nitrogens with one attached hydrogen (secondary N) is 1. The molecule has 0 unspecified atom stereocenters. The third-order valence-electron chi connectivity index (χ3n) is 5.02. The third-order valence-corrected chi connectivity index (χ3v) is 8.54. The number of aryl methyl sites for hydroxylation is 2. The van der Waals surface area contributed by atoms with Crippen molar-refractivity contribution < 1.29 is 26.0 Å². The Morgan fingerprint density at radius 3 is 2.28 bits per heavy atom. The first-order valence-electron chi connectivity index (χ1n) is 9.60. The molecule has 0 saturated heterocycles. The summed E-state index contributed by atoms with van der Waals surface area (Å²) in [6.07, 6.45) is 2.85. The molecule has 0 aliphatic heterocycles. The lowest BCUT2D eigenvalue weighted by molar-refractivity contribution is 0.411. The minimum Gasteiger partial charge on any atom is -0.496 e. The Morgan fingerprint density at radius 1 is 1.00 bits per heavy atom. The molecule has 3 rings (SSSR count). The van der Waals surface area contributed by atoms with Gasteiger partial charge in [0.1, 0.15) is 16.8 Å². The molecule has 170 valence electrons. The molecule has 1 heterocycles. The van der Waals surface area contributed by atoms with Crippen LogP contribution in [0.1, 0.15) is 21.9 Å². The smallest absolute Gasteiger partial charge is 0.240 e. The lowest BCUT2D eigenvalue weighted by Gasteiger charge is -2.19. The largest absolute Gasteiger partial charge is 0.496 e. The molecule has 0 bridgehead atoms. The SMILES string of the molecule is COc1ccc(S(=O)(=O)NC[C@@H](c2cccnc2)S(=O)(=O)c2ccc(F)c(C)c2)cc1C. The molecule has 0 aliphatic rings. The second kappa shape index (κ2) is 9.35. The Hall–Kier alpha value is -2.82. The van der Waals surface area contributed by atoms with E-state index < -0.39 is 37.5 Å². The van der Waals surface area contributed by atoms with E-state index in [1.807, 2.05) is 0 Å². The number of nitrogens with zero attached hydrogens (tertiary/aromatic N) is 1. The molecule has 7 nitrogen and oxygen atoms in total. The number of hydrogen-bond acceptors (Lipinski definition) is 6. The first-order chi connectivity index (χ1) is 15.1. The standard InChI is InChI=1S/C22H23FN2O5S2/c1-15-11-18(6-8-20(15)23)31(26,27)22(17-5-4-10-24-13-17)14-25-32(28,29)19-7-9-21(30-3)16(2)12-19/h4-13,22,25H,14H2,1-3H3/t22-/m0/s1. The van der Waals surface area contributed by atoms with Crippen LogP contribution in [0.4, 0.5) is 4.39 Å². The van der Waals surface area contributed by atoms with Crippen LogP contribution < -0.4 is 9.46 Å². The summed E-state index contributed by atoms with van der Waals surface area (Å²) in [5.74, 6) is 0.00361. The Labute approximate surface area is 187 Å². The molecule has 32 heavy (non-hydrogen) atoms. The van der Waals surface area contributed by atoms with Gasteiger partial charge in [-0.3, -0.25) is 4.98 Å². The maximum Gasteiger partial charge on any atom is 0.240 e. The van der Waals surface area contributed by atoms with Crippen LogP contribution in [0.5, 0.6) is 5.75 Å². The molecule has 0 spiro atoms. The number of aromatic nitrogens is 1. The molecule has 0 fully saturated rings. The Kier molecular flexibility index (Phi) is 6.97. The zero-order valence-electron chi connectivity index (χ0n) is 17.7. The summed E-state index contributed by atoms with van der Waals surface area (Å²) in [4.78, 5) is 3.84. The number of halogens is 1. The predicted octanol–water partition coefficient (Wildman–Crippen LogP) is 3.34. The highest BCUT2D eigenvalue weighted by Crippen LogP contribution is 2.30. The fourth-order valence-corrected chi connectivity index (χ4v) is 6.18. The number of methoxy groups -OCH3 is 1. The summed E-state index contributed by atoms with van der Waals surface area (Å²) in [6.45, 7) is 2.73. The second-order valence-corrected chi connectivity index (χ2v) is 11.1. The van der Waals surface area contributed by atoms with Crippen LogP contribution in [0.15, 0.2) is 70.7 Å². The molecular formula is C22H23FN2O5S2. The Balaban J connectivity index is 1.97. The van der Waals surface area contributed by atoms with E-state index in [1.165, 1.54) is 56.8 Å². The lowest BCUT2D eigenvalue weighted by atomic mass is 10.2. The monoisotopic (exact) mass is 478 g/mol. The van der Waals surface area contributed by atoms with E-state index in [1.54, 1.807) is 19.1 Å². The number of benzene rings is 2. The summed E-state index contributed by atoms with van der Waals surface area (Å²) in [7, 11) is -6.61. The van der Waals surface area contributed by atoms with Gasteiger partial charge in [-0.05, 0) is 73.0 Å². The van der Waals surface area contributed by atoms with Crippen molar-refractivity contribution in [1.82, 2.24) is 9.71 Å². The van der Waals surface area contributed by atoms with E-state index in [9.17, 15) is 21.2 Å². The van der Waals surface area contributed by atoms with Crippen LogP contribution in [-0.4, -0.2) is 35.5 Å². The van der Waals surface area contributed by atoms with E-state index >= 15 is 0 Å². The van der Waals surface area contributed by atoms with Crippen LogP contribution >= 0.6 is 0 Å². The number of ether oxygens (including phenoxy) is 1. The average Bonchev–Trinajstić information content (AvgIpc) is 2.76. The Bertz CT molecular complexity index is 1330. The van der Waals surface area contributed by atoms with Gasteiger partial charge in [-0.2, -0.15) is 0 Å². The van der Waals surface area contributed by atoms with E-state index in [2.05, 4.69) is 9.71 Å². The van der Waals surface area contributed by atoms with Crippen LogP contribution in [0.2, 0.25) is 0 Å². The molecule has 3 aromatic rings. The second-order valence-electron chi connectivity index (χ2n) is 7.21. The first kappa shape index (κ1) is 23.8. The number of pyridine rings is 1. The molecule has 1 atom stereocenters. The summed E-state index contributed by atoms with van der Waals surface area (Å²) in [6, 6.07) is 10.9. The van der Waals surface area contributed by atoms with Gasteiger partial charge >= 0.3 is 0 Å². The highest BCUT2D eigenvalue weighted by molar-refractivity contribution is 7.92. The van der Waals surface area contributed by atoms with Gasteiger partial charge in [0.15, 0.2) is 9.84 Å². The number of hydrogen-bond donors (Lipinski definition) is 1. The highest BCUT2D eigenvalue weighted by atomic mass is 32.2. The maximum atomic E-state index is 13.7. The molecule has 10 heteroatoms. The number of sulfone groups is 1. The van der Waals surface area contributed by atoms with Gasteiger partial charge in [-0.1, -0.05) is 6.07 Å². The quantitative estimate of drug-likeness (QED) is 0.498. The van der Waals surface area contributed by atoms with Gasteiger partial charge in [0.05, 0.1) is 16.9 Å². The van der Waals surface area contributed by atoms with E-state index in [4.69, 9.17) is 4.74 Å². The highest BCUT2D eigenvalue weighted by Gasteiger charge is 2.31. The average molecular weight is 479 g/mol.